The minimum absolute atomic E-state index is 0.165. The molecule has 1 spiro atoms. The van der Waals surface area contributed by atoms with Crippen LogP contribution in [0, 0.1) is 11.2 Å². The van der Waals surface area contributed by atoms with Crippen LogP contribution in [0.4, 0.5) is 21.6 Å². The van der Waals surface area contributed by atoms with E-state index < -0.39 is 5.82 Å². The topological polar surface area (TPSA) is 91.4 Å². The van der Waals surface area contributed by atoms with E-state index in [-0.39, 0.29) is 17.0 Å². The van der Waals surface area contributed by atoms with Crippen LogP contribution in [0.2, 0.25) is 5.02 Å². The van der Waals surface area contributed by atoms with Crippen LogP contribution < -0.4 is 20.7 Å². The van der Waals surface area contributed by atoms with Gasteiger partial charge >= 0.3 is 0 Å². The van der Waals surface area contributed by atoms with Gasteiger partial charge in [0.25, 0.3) is 0 Å². The Morgan fingerprint density at radius 3 is 2.78 bits per heavy atom. The van der Waals surface area contributed by atoms with Crippen LogP contribution in [-0.2, 0) is 4.79 Å². The van der Waals surface area contributed by atoms with Crippen LogP contribution in [0.25, 0.3) is 10.9 Å². The van der Waals surface area contributed by atoms with Gasteiger partial charge in [-0.25, -0.2) is 14.4 Å². The normalized spacial score (nSPS) is 17.4. The summed E-state index contributed by atoms with van der Waals surface area (Å²) >= 11 is 6.04. The number of anilines is 3. The number of nitrogens with zero attached hydrogens (tertiary/aromatic N) is 3. The molecule has 1 amide bonds. The number of aromatic nitrogens is 2. The van der Waals surface area contributed by atoms with Crippen molar-refractivity contribution in [2.75, 3.05) is 50.5 Å². The SMILES string of the molecule is CNc1cc2ncnc(Nc3cc(Cl)ccc3F)c2cc1OCCCN1CCC2(CC1)CNC(=O)C2. The lowest BCUT2D eigenvalue weighted by Gasteiger charge is -2.38. The minimum atomic E-state index is -0.422. The quantitative estimate of drug-likeness (QED) is 0.380. The highest BCUT2D eigenvalue weighted by molar-refractivity contribution is 6.30. The predicted octanol–water partition coefficient (Wildman–Crippen LogP) is 4.58. The number of hydrogen-bond donors (Lipinski definition) is 3. The van der Waals surface area contributed by atoms with Gasteiger partial charge in [0.2, 0.25) is 5.91 Å². The zero-order valence-corrected chi connectivity index (χ0v) is 21.0. The first-order valence-corrected chi connectivity index (χ1v) is 12.6. The second-order valence-electron chi connectivity index (χ2n) is 9.58. The Labute approximate surface area is 214 Å². The highest BCUT2D eigenvalue weighted by atomic mass is 35.5. The third-order valence-electron chi connectivity index (χ3n) is 7.18. The Bertz CT molecular complexity index is 1260. The maximum Gasteiger partial charge on any atom is 0.220 e. The highest BCUT2D eigenvalue weighted by Gasteiger charge is 2.40. The van der Waals surface area contributed by atoms with Gasteiger partial charge < -0.3 is 25.6 Å². The molecule has 36 heavy (non-hydrogen) atoms. The summed E-state index contributed by atoms with van der Waals surface area (Å²) in [7, 11) is 1.84. The van der Waals surface area contributed by atoms with E-state index in [1.165, 1.54) is 24.5 Å². The summed E-state index contributed by atoms with van der Waals surface area (Å²) in [4.78, 5) is 22.8. The molecule has 0 radical (unpaired) electrons. The van der Waals surface area contributed by atoms with Gasteiger partial charge in [-0.2, -0.15) is 0 Å². The van der Waals surface area contributed by atoms with Gasteiger partial charge in [0.1, 0.15) is 23.7 Å². The van der Waals surface area contributed by atoms with E-state index >= 15 is 0 Å². The van der Waals surface area contributed by atoms with E-state index in [4.69, 9.17) is 16.3 Å². The van der Waals surface area contributed by atoms with Gasteiger partial charge in [0.15, 0.2) is 0 Å². The van der Waals surface area contributed by atoms with Crippen molar-refractivity contribution >= 4 is 45.6 Å². The fraction of sp³-hybridized carbons (Fsp3) is 0.423. The van der Waals surface area contributed by atoms with E-state index in [0.29, 0.717) is 40.5 Å². The van der Waals surface area contributed by atoms with Crippen LogP contribution in [0.3, 0.4) is 0 Å². The summed E-state index contributed by atoms with van der Waals surface area (Å²) < 4.78 is 20.5. The molecule has 3 heterocycles. The van der Waals surface area contributed by atoms with Crippen molar-refractivity contribution in [2.45, 2.75) is 25.7 Å². The number of rotatable bonds is 8. The maximum atomic E-state index is 14.3. The number of carbonyl (C=O) groups is 1. The predicted molar refractivity (Wildman–Crippen MR) is 140 cm³/mol. The molecular formula is C26H30ClFN6O2. The van der Waals surface area contributed by atoms with E-state index in [1.54, 1.807) is 0 Å². The van der Waals surface area contributed by atoms with Crippen molar-refractivity contribution in [3.8, 4) is 5.75 Å². The van der Waals surface area contributed by atoms with Crippen LogP contribution >= 0.6 is 11.6 Å². The van der Waals surface area contributed by atoms with Crippen molar-refractivity contribution in [3.63, 3.8) is 0 Å². The molecule has 3 aromatic rings. The van der Waals surface area contributed by atoms with Crippen molar-refractivity contribution in [1.29, 1.82) is 0 Å². The molecule has 190 valence electrons. The average Bonchev–Trinajstić information content (AvgIpc) is 3.24. The molecule has 2 saturated heterocycles. The molecule has 2 aromatic carbocycles. The third-order valence-corrected chi connectivity index (χ3v) is 7.41. The van der Waals surface area contributed by atoms with Crippen LogP contribution in [0.15, 0.2) is 36.7 Å². The van der Waals surface area contributed by atoms with E-state index in [9.17, 15) is 9.18 Å². The lowest BCUT2D eigenvalue weighted by atomic mass is 9.77. The number of fused-ring (bicyclic) bond motifs is 1. The van der Waals surface area contributed by atoms with Crippen LogP contribution in [-0.4, -0.2) is 60.6 Å². The summed E-state index contributed by atoms with van der Waals surface area (Å²) in [6.45, 7) is 4.35. The van der Waals surface area contributed by atoms with Crippen molar-refractivity contribution in [1.82, 2.24) is 20.2 Å². The lowest BCUT2D eigenvalue weighted by molar-refractivity contribution is -0.119. The zero-order chi connectivity index (χ0) is 25.1. The van der Waals surface area contributed by atoms with E-state index in [0.717, 1.165) is 51.1 Å². The zero-order valence-electron chi connectivity index (χ0n) is 20.2. The first-order chi connectivity index (χ1) is 17.4. The summed E-state index contributed by atoms with van der Waals surface area (Å²) in [5.41, 5.74) is 1.93. The molecule has 2 aliphatic rings. The Morgan fingerprint density at radius 2 is 2.03 bits per heavy atom. The third kappa shape index (κ3) is 5.32. The van der Waals surface area contributed by atoms with Gasteiger partial charge in [-0.05, 0) is 68.1 Å². The summed E-state index contributed by atoms with van der Waals surface area (Å²) in [5, 5.41) is 10.3. The Balaban J connectivity index is 1.23. The van der Waals surface area contributed by atoms with Crippen LogP contribution in [0.1, 0.15) is 25.7 Å². The second-order valence-corrected chi connectivity index (χ2v) is 10.0. The molecule has 10 heteroatoms. The number of nitrogens with one attached hydrogen (secondary N) is 3. The maximum absolute atomic E-state index is 14.3. The fourth-order valence-electron chi connectivity index (χ4n) is 5.04. The molecule has 0 aliphatic carbocycles. The molecule has 0 bridgehead atoms. The molecule has 0 saturated carbocycles. The fourth-order valence-corrected chi connectivity index (χ4v) is 5.22. The largest absolute Gasteiger partial charge is 0.491 e. The lowest BCUT2D eigenvalue weighted by Crippen LogP contribution is -2.41. The van der Waals surface area contributed by atoms with Crippen LogP contribution in [0.5, 0.6) is 5.75 Å². The molecule has 5 rings (SSSR count). The number of ether oxygens (including phenoxy) is 1. The highest BCUT2D eigenvalue weighted by Crippen LogP contribution is 2.37. The number of likely N-dealkylation sites (tertiary alicyclic amines) is 1. The van der Waals surface area contributed by atoms with Gasteiger partial charge in [-0.3, -0.25) is 4.79 Å². The Kier molecular flexibility index (Phi) is 7.11. The summed E-state index contributed by atoms with van der Waals surface area (Å²) in [5.74, 6) is 0.918. The number of hydrogen-bond acceptors (Lipinski definition) is 7. The number of carbonyl (C=O) groups excluding carboxylic acids is 1. The monoisotopic (exact) mass is 512 g/mol. The summed E-state index contributed by atoms with van der Waals surface area (Å²) in [6, 6.07) is 8.11. The minimum Gasteiger partial charge on any atom is -0.491 e. The van der Waals surface area contributed by atoms with Crippen molar-refractivity contribution < 1.29 is 13.9 Å². The molecule has 3 N–H and O–H groups in total. The molecule has 0 unspecified atom stereocenters. The van der Waals surface area contributed by atoms with Crippen molar-refractivity contribution in [2.24, 2.45) is 5.41 Å². The Morgan fingerprint density at radius 1 is 1.19 bits per heavy atom. The van der Waals surface area contributed by atoms with E-state index in [1.807, 2.05) is 19.2 Å². The molecule has 0 atom stereocenters. The number of benzene rings is 2. The van der Waals surface area contributed by atoms with Gasteiger partial charge in [0, 0.05) is 37.0 Å². The standard InChI is InChI=1S/C26H30ClFN6O2/c1-29-22-13-20-18(25(32-16-31-20)33-21-11-17(27)3-4-19(21)28)12-23(22)36-10-2-7-34-8-5-26(6-9-34)14-24(35)30-15-26/h3-4,11-13,16,29H,2,5-10,14-15H2,1H3,(H,30,35)(H,31,32,33). The molecule has 2 aliphatic heterocycles. The van der Waals surface area contributed by atoms with Gasteiger partial charge in [-0.1, -0.05) is 11.6 Å². The Hall–Kier alpha value is -3.17. The van der Waals surface area contributed by atoms with Crippen molar-refractivity contribution in [3.05, 3.63) is 47.5 Å². The first kappa shape index (κ1) is 24.5. The number of amides is 1. The molecule has 2 fully saturated rings. The van der Waals surface area contributed by atoms with E-state index in [2.05, 4.69) is 30.8 Å². The average molecular weight is 513 g/mol. The number of piperidine rings is 1. The smallest absolute Gasteiger partial charge is 0.220 e. The molecule has 1 aromatic heterocycles. The van der Waals surface area contributed by atoms with Gasteiger partial charge in [0.05, 0.1) is 23.5 Å². The first-order valence-electron chi connectivity index (χ1n) is 12.3. The number of halogens is 2. The summed E-state index contributed by atoms with van der Waals surface area (Å²) in [6.07, 6.45) is 5.11. The second kappa shape index (κ2) is 10.4. The molecular weight excluding hydrogens is 483 g/mol. The van der Waals surface area contributed by atoms with Gasteiger partial charge in [-0.15, -0.1) is 0 Å². The molecule has 8 nitrogen and oxygen atoms in total.